The maximum Gasteiger partial charge on any atom is 0.166 e. The summed E-state index contributed by atoms with van der Waals surface area (Å²) >= 11 is 0. The molecule has 0 amide bonds. The molecule has 2 aromatic rings. The molecular formula is C10H11BN2. The van der Waals surface area contributed by atoms with Crippen LogP contribution in [0.1, 0.15) is 11.3 Å². The standard InChI is InChI=1S/C10H11BN2/c1-6-3-4-8-9(5-6)12-7(2)10(11)13-8/h3-5H,11H2,1-2H3. The molecule has 0 atom stereocenters. The third kappa shape index (κ3) is 1.42. The lowest BCUT2D eigenvalue weighted by atomic mass is 10.0. The van der Waals surface area contributed by atoms with Gasteiger partial charge in [-0.2, -0.15) is 0 Å². The SMILES string of the molecule is Bc1nc2ccc(C)cc2nc1C. The summed E-state index contributed by atoms with van der Waals surface area (Å²) < 4.78 is 0. The van der Waals surface area contributed by atoms with Crippen LogP contribution in [0, 0.1) is 13.8 Å². The molecular weight excluding hydrogens is 159 g/mol. The molecule has 2 nitrogen and oxygen atoms in total. The highest BCUT2D eigenvalue weighted by Crippen LogP contribution is 2.09. The van der Waals surface area contributed by atoms with Crippen LogP contribution in [0.15, 0.2) is 18.2 Å². The highest BCUT2D eigenvalue weighted by molar-refractivity contribution is 6.31. The second kappa shape index (κ2) is 2.84. The molecule has 3 heteroatoms. The maximum absolute atomic E-state index is 4.47. The molecule has 1 aromatic heterocycles. The fourth-order valence-electron chi connectivity index (χ4n) is 1.34. The minimum Gasteiger partial charge on any atom is -0.260 e. The van der Waals surface area contributed by atoms with E-state index >= 15 is 0 Å². The Bertz CT molecular complexity index is 466. The summed E-state index contributed by atoms with van der Waals surface area (Å²) in [6, 6.07) is 6.14. The predicted octanol–water partition coefficient (Wildman–Crippen LogP) is 0.505. The van der Waals surface area contributed by atoms with Crippen LogP contribution in [-0.2, 0) is 0 Å². The lowest BCUT2D eigenvalue weighted by molar-refractivity contribution is 1.22. The molecule has 0 saturated carbocycles. The predicted molar refractivity (Wildman–Crippen MR) is 57.2 cm³/mol. The van der Waals surface area contributed by atoms with Crippen LogP contribution in [0.5, 0.6) is 0 Å². The van der Waals surface area contributed by atoms with E-state index in [9.17, 15) is 0 Å². The first-order chi connectivity index (χ1) is 6.16. The highest BCUT2D eigenvalue weighted by atomic mass is 14.8. The summed E-state index contributed by atoms with van der Waals surface area (Å²) in [6.45, 7) is 4.06. The third-order valence-corrected chi connectivity index (χ3v) is 2.23. The molecule has 64 valence electrons. The van der Waals surface area contributed by atoms with Crippen LogP contribution in [-0.4, -0.2) is 17.8 Å². The van der Waals surface area contributed by atoms with Crippen molar-refractivity contribution in [3.05, 3.63) is 29.5 Å². The zero-order chi connectivity index (χ0) is 9.42. The van der Waals surface area contributed by atoms with Gasteiger partial charge in [-0.05, 0) is 31.5 Å². The minimum absolute atomic E-state index is 0.980. The second-order valence-electron chi connectivity index (χ2n) is 3.39. The van der Waals surface area contributed by atoms with Crippen LogP contribution in [0.25, 0.3) is 11.0 Å². The zero-order valence-electron chi connectivity index (χ0n) is 8.13. The van der Waals surface area contributed by atoms with Gasteiger partial charge in [0.1, 0.15) is 0 Å². The normalized spacial score (nSPS) is 10.6. The zero-order valence-corrected chi connectivity index (χ0v) is 8.13. The number of rotatable bonds is 0. The van der Waals surface area contributed by atoms with Crippen molar-refractivity contribution in [3.63, 3.8) is 0 Å². The van der Waals surface area contributed by atoms with E-state index in [4.69, 9.17) is 0 Å². The number of hydrogen-bond donors (Lipinski definition) is 0. The van der Waals surface area contributed by atoms with Crippen molar-refractivity contribution >= 4 is 24.5 Å². The van der Waals surface area contributed by atoms with E-state index in [1.165, 1.54) is 5.56 Å². The van der Waals surface area contributed by atoms with Gasteiger partial charge >= 0.3 is 0 Å². The molecule has 0 spiro atoms. The fourth-order valence-corrected chi connectivity index (χ4v) is 1.34. The first-order valence-electron chi connectivity index (χ1n) is 4.38. The number of aryl methyl sites for hydroxylation is 2. The first kappa shape index (κ1) is 8.23. The van der Waals surface area contributed by atoms with E-state index in [1.54, 1.807) is 0 Å². The van der Waals surface area contributed by atoms with Crippen molar-refractivity contribution in [2.24, 2.45) is 0 Å². The summed E-state index contributed by atoms with van der Waals surface area (Å²) in [4.78, 5) is 8.93. The highest BCUT2D eigenvalue weighted by Gasteiger charge is 2.00. The number of benzene rings is 1. The van der Waals surface area contributed by atoms with Crippen LogP contribution < -0.4 is 5.59 Å². The van der Waals surface area contributed by atoms with E-state index in [1.807, 2.05) is 20.8 Å². The van der Waals surface area contributed by atoms with Gasteiger partial charge in [-0.1, -0.05) is 6.07 Å². The van der Waals surface area contributed by atoms with Gasteiger partial charge in [-0.15, -0.1) is 0 Å². The number of nitrogens with zero attached hydrogens (tertiary/aromatic N) is 2. The van der Waals surface area contributed by atoms with Gasteiger partial charge in [-0.3, -0.25) is 9.97 Å². The largest absolute Gasteiger partial charge is 0.260 e. The van der Waals surface area contributed by atoms with Gasteiger partial charge in [0.2, 0.25) is 0 Å². The summed E-state index contributed by atoms with van der Waals surface area (Å²) in [5, 5.41) is 0. The molecule has 1 aromatic carbocycles. The fraction of sp³-hybridized carbons (Fsp3) is 0.200. The van der Waals surface area contributed by atoms with E-state index in [0.717, 1.165) is 22.3 Å². The van der Waals surface area contributed by atoms with Crippen LogP contribution >= 0.6 is 0 Å². The molecule has 0 unspecified atom stereocenters. The smallest absolute Gasteiger partial charge is 0.166 e. The molecule has 0 aliphatic heterocycles. The Labute approximate surface area is 78.4 Å². The molecule has 2 rings (SSSR count). The molecule has 0 fully saturated rings. The Balaban J connectivity index is 2.81. The number of aromatic nitrogens is 2. The van der Waals surface area contributed by atoms with Crippen LogP contribution in [0.4, 0.5) is 0 Å². The lowest BCUT2D eigenvalue weighted by Gasteiger charge is -2.02. The van der Waals surface area contributed by atoms with E-state index in [-0.39, 0.29) is 0 Å². The lowest BCUT2D eigenvalue weighted by Crippen LogP contribution is -2.14. The Kier molecular flexibility index (Phi) is 1.80. The van der Waals surface area contributed by atoms with E-state index in [2.05, 4.69) is 29.0 Å². The van der Waals surface area contributed by atoms with Crippen LogP contribution in [0.2, 0.25) is 0 Å². The average molecular weight is 170 g/mol. The minimum atomic E-state index is 0.980. The second-order valence-corrected chi connectivity index (χ2v) is 3.39. The quantitative estimate of drug-likeness (QED) is 0.538. The van der Waals surface area contributed by atoms with Gasteiger partial charge in [0.15, 0.2) is 7.85 Å². The Morgan fingerprint density at radius 1 is 1.08 bits per heavy atom. The van der Waals surface area contributed by atoms with Gasteiger partial charge < -0.3 is 0 Å². The summed E-state index contributed by atoms with van der Waals surface area (Å²) in [5.74, 6) is 0. The molecule has 13 heavy (non-hydrogen) atoms. The van der Waals surface area contributed by atoms with Gasteiger partial charge in [0.05, 0.1) is 11.0 Å². The number of hydrogen-bond acceptors (Lipinski definition) is 2. The summed E-state index contributed by atoms with van der Waals surface area (Å²) in [7, 11) is 1.99. The number of fused-ring (bicyclic) bond motifs is 1. The van der Waals surface area contributed by atoms with Crippen molar-refractivity contribution in [1.29, 1.82) is 0 Å². The van der Waals surface area contributed by atoms with Crippen molar-refractivity contribution in [3.8, 4) is 0 Å². The molecule has 0 N–H and O–H groups in total. The van der Waals surface area contributed by atoms with E-state index in [0.29, 0.717) is 0 Å². The monoisotopic (exact) mass is 170 g/mol. The molecule has 1 heterocycles. The van der Waals surface area contributed by atoms with Gasteiger partial charge in [0.25, 0.3) is 0 Å². The van der Waals surface area contributed by atoms with Crippen LogP contribution in [0.3, 0.4) is 0 Å². The van der Waals surface area contributed by atoms with E-state index < -0.39 is 0 Å². The third-order valence-electron chi connectivity index (χ3n) is 2.23. The van der Waals surface area contributed by atoms with Crippen molar-refractivity contribution in [2.75, 3.05) is 0 Å². The summed E-state index contributed by atoms with van der Waals surface area (Å²) in [5.41, 5.74) is 5.22. The molecule has 0 aliphatic rings. The Hall–Kier alpha value is -1.38. The van der Waals surface area contributed by atoms with Crippen molar-refractivity contribution < 1.29 is 0 Å². The molecule has 0 saturated heterocycles. The van der Waals surface area contributed by atoms with Gasteiger partial charge in [-0.25, -0.2) is 0 Å². The average Bonchev–Trinajstić information content (AvgIpc) is 2.08. The summed E-state index contributed by atoms with van der Waals surface area (Å²) in [6.07, 6.45) is 0. The van der Waals surface area contributed by atoms with Gasteiger partial charge in [0, 0.05) is 11.3 Å². The molecule has 0 radical (unpaired) electrons. The first-order valence-corrected chi connectivity index (χ1v) is 4.38. The Morgan fingerprint density at radius 2 is 1.85 bits per heavy atom. The Morgan fingerprint density at radius 3 is 2.62 bits per heavy atom. The maximum atomic E-state index is 4.47. The topological polar surface area (TPSA) is 25.8 Å². The van der Waals surface area contributed by atoms with Crippen molar-refractivity contribution in [2.45, 2.75) is 13.8 Å². The van der Waals surface area contributed by atoms with Crippen molar-refractivity contribution in [1.82, 2.24) is 9.97 Å². The molecule has 0 aliphatic carbocycles. The molecule has 0 bridgehead atoms.